The molecule has 0 aliphatic carbocycles. The molecule has 142 valence electrons. The zero-order valence-electron chi connectivity index (χ0n) is 16.0. The van der Waals surface area contributed by atoms with Gasteiger partial charge in [0.05, 0.1) is 21.3 Å². The van der Waals surface area contributed by atoms with Gasteiger partial charge in [0.25, 0.3) is 5.91 Å². The third kappa shape index (κ3) is 3.84. The van der Waals surface area contributed by atoms with Crippen molar-refractivity contribution >= 4 is 16.8 Å². The number of aromatic amines is 1. The van der Waals surface area contributed by atoms with Gasteiger partial charge in [0, 0.05) is 23.5 Å². The summed E-state index contributed by atoms with van der Waals surface area (Å²) in [4.78, 5) is 15.8. The quantitative estimate of drug-likeness (QED) is 0.670. The van der Waals surface area contributed by atoms with Crippen LogP contribution in [0, 0.1) is 6.92 Å². The molecule has 6 nitrogen and oxygen atoms in total. The summed E-state index contributed by atoms with van der Waals surface area (Å²) in [5, 5.41) is 3.99. The number of amides is 1. The van der Waals surface area contributed by atoms with E-state index >= 15 is 0 Å². The van der Waals surface area contributed by atoms with Gasteiger partial charge in [0.1, 0.15) is 11.4 Å². The van der Waals surface area contributed by atoms with Crippen molar-refractivity contribution in [3.05, 3.63) is 53.2 Å². The Morgan fingerprint density at radius 2 is 1.78 bits per heavy atom. The lowest BCUT2D eigenvalue weighted by atomic mass is 10.1. The van der Waals surface area contributed by atoms with Crippen molar-refractivity contribution in [2.75, 3.05) is 27.9 Å². The fraction of sp³-hybridized carbons (Fsp3) is 0.286. The van der Waals surface area contributed by atoms with Crippen molar-refractivity contribution in [1.82, 2.24) is 10.3 Å². The molecule has 1 amide bonds. The number of fused-ring (bicyclic) bond motifs is 1. The van der Waals surface area contributed by atoms with Crippen LogP contribution in [0.15, 0.2) is 36.4 Å². The third-order valence-electron chi connectivity index (χ3n) is 4.64. The zero-order valence-corrected chi connectivity index (χ0v) is 16.0. The van der Waals surface area contributed by atoms with Gasteiger partial charge in [-0.05, 0) is 48.7 Å². The zero-order chi connectivity index (χ0) is 19.4. The summed E-state index contributed by atoms with van der Waals surface area (Å²) < 4.78 is 15.8. The molecule has 0 saturated heterocycles. The molecule has 0 fully saturated rings. The summed E-state index contributed by atoms with van der Waals surface area (Å²) in [6, 6.07) is 11.5. The minimum absolute atomic E-state index is 0.122. The maximum Gasteiger partial charge on any atom is 0.268 e. The molecule has 0 radical (unpaired) electrons. The summed E-state index contributed by atoms with van der Waals surface area (Å²) in [5.74, 6) is 2.00. The molecule has 0 bridgehead atoms. The topological polar surface area (TPSA) is 72.6 Å². The first kappa shape index (κ1) is 18.6. The van der Waals surface area contributed by atoms with Crippen molar-refractivity contribution in [1.29, 1.82) is 0 Å². The van der Waals surface area contributed by atoms with Crippen LogP contribution in [0.2, 0.25) is 0 Å². The summed E-state index contributed by atoms with van der Waals surface area (Å²) >= 11 is 0. The number of nitrogens with one attached hydrogen (secondary N) is 2. The van der Waals surface area contributed by atoms with E-state index in [1.807, 2.05) is 43.3 Å². The number of methoxy groups -OCH3 is 3. The smallest absolute Gasteiger partial charge is 0.268 e. The molecule has 0 saturated carbocycles. The minimum Gasteiger partial charge on any atom is -0.497 e. The third-order valence-corrected chi connectivity index (χ3v) is 4.64. The van der Waals surface area contributed by atoms with E-state index in [1.54, 1.807) is 21.3 Å². The average molecular weight is 368 g/mol. The molecule has 0 aliphatic heterocycles. The Bertz CT molecular complexity index is 962. The fourth-order valence-corrected chi connectivity index (χ4v) is 3.12. The predicted octanol–water partition coefficient (Wildman–Crippen LogP) is 3.47. The van der Waals surface area contributed by atoms with E-state index in [-0.39, 0.29) is 5.91 Å². The number of aromatic nitrogens is 1. The van der Waals surface area contributed by atoms with E-state index < -0.39 is 0 Å². The Labute approximate surface area is 158 Å². The Kier molecular flexibility index (Phi) is 5.54. The van der Waals surface area contributed by atoms with Gasteiger partial charge in [-0.15, -0.1) is 0 Å². The van der Waals surface area contributed by atoms with Crippen molar-refractivity contribution in [3.63, 3.8) is 0 Å². The SMILES string of the molecule is COc1ccc2c(C)c(C(=O)NCCc3ccc(OC)c(OC)c3)[nH]c2c1. The molecule has 0 atom stereocenters. The molecule has 2 aromatic carbocycles. The number of benzene rings is 2. The van der Waals surface area contributed by atoms with Gasteiger partial charge < -0.3 is 24.5 Å². The number of H-pyrrole nitrogens is 1. The van der Waals surface area contributed by atoms with Crippen LogP contribution in [0.3, 0.4) is 0 Å². The number of hydrogen-bond donors (Lipinski definition) is 2. The molecule has 1 heterocycles. The second-order valence-corrected chi connectivity index (χ2v) is 6.23. The maximum absolute atomic E-state index is 12.6. The number of aryl methyl sites for hydroxylation is 1. The van der Waals surface area contributed by atoms with Crippen molar-refractivity contribution in [2.45, 2.75) is 13.3 Å². The summed E-state index contributed by atoms with van der Waals surface area (Å²) in [6.45, 7) is 2.46. The van der Waals surface area contributed by atoms with Gasteiger partial charge in [0.2, 0.25) is 0 Å². The van der Waals surface area contributed by atoms with Gasteiger partial charge in [-0.1, -0.05) is 6.07 Å². The highest BCUT2D eigenvalue weighted by molar-refractivity contribution is 6.01. The molecule has 0 spiro atoms. The molecule has 2 N–H and O–H groups in total. The highest BCUT2D eigenvalue weighted by Crippen LogP contribution is 2.28. The molecule has 3 aromatic rings. The Morgan fingerprint density at radius 3 is 2.48 bits per heavy atom. The van der Waals surface area contributed by atoms with Crippen LogP contribution in [0.5, 0.6) is 17.2 Å². The summed E-state index contributed by atoms with van der Waals surface area (Å²) in [7, 11) is 4.84. The lowest BCUT2D eigenvalue weighted by molar-refractivity contribution is 0.0949. The molecular formula is C21H24N2O4. The van der Waals surface area contributed by atoms with Crippen LogP contribution in [-0.2, 0) is 6.42 Å². The van der Waals surface area contributed by atoms with E-state index in [1.165, 1.54) is 0 Å². The van der Waals surface area contributed by atoms with Gasteiger partial charge in [-0.3, -0.25) is 4.79 Å². The molecule has 0 aliphatic rings. The monoisotopic (exact) mass is 368 g/mol. The van der Waals surface area contributed by atoms with Crippen molar-refractivity contribution in [3.8, 4) is 17.2 Å². The van der Waals surface area contributed by atoms with E-state index in [0.717, 1.165) is 27.8 Å². The number of carbonyl (C=O) groups excluding carboxylic acids is 1. The lowest BCUT2D eigenvalue weighted by Crippen LogP contribution is -2.26. The predicted molar refractivity (Wildman–Crippen MR) is 105 cm³/mol. The number of rotatable bonds is 7. The van der Waals surface area contributed by atoms with Crippen LogP contribution in [0.25, 0.3) is 10.9 Å². The largest absolute Gasteiger partial charge is 0.497 e. The second-order valence-electron chi connectivity index (χ2n) is 6.23. The minimum atomic E-state index is -0.122. The Morgan fingerprint density at radius 1 is 1.00 bits per heavy atom. The molecular weight excluding hydrogens is 344 g/mol. The van der Waals surface area contributed by atoms with Gasteiger partial charge in [-0.25, -0.2) is 0 Å². The lowest BCUT2D eigenvalue weighted by Gasteiger charge is -2.10. The Hall–Kier alpha value is -3.15. The van der Waals surface area contributed by atoms with Gasteiger partial charge in [-0.2, -0.15) is 0 Å². The van der Waals surface area contributed by atoms with Crippen LogP contribution in [-0.4, -0.2) is 38.8 Å². The first-order valence-corrected chi connectivity index (χ1v) is 8.72. The standard InChI is InChI=1S/C21H24N2O4/c1-13-16-7-6-15(25-2)12-17(16)23-20(13)21(24)22-10-9-14-5-8-18(26-3)19(11-14)27-4/h5-8,11-12,23H,9-10H2,1-4H3,(H,22,24). The van der Waals surface area contributed by atoms with Gasteiger partial charge >= 0.3 is 0 Å². The van der Waals surface area contributed by atoms with Crippen LogP contribution < -0.4 is 19.5 Å². The summed E-state index contributed by atoms with van der Waals surface area (Å²) in [5.41, 5.74) is 3.45. The second kappa shape index (κ2) is 8.03. The normalized spacial score (nSPS) is 10.7. The van der Waals surface area contributed by atoms with Crippen LogP contribution in [0.4, 0.5) is 0 Å². The van der Waals surface area contributed by atoms with E-state index in [4.69, 9.17) is 14.2 Å². The van der Waals surface area contributed by atoms with Crippen molar-refractivity contribution < 1.29 is 19.0 Å². The Balaban J connectivity index is 1.67. The molecule has 0 unspecified atom stereocenters. The van der Waals surface area contributed by atoms with E-state index in [9.17, 15) is 4.79 Å². The fourth-order valence-electron chi connectivity index (χ4n) is 3.12. The average Bonchev–Trinajstić information content (AvgIpc) is 3.03. The van der Waals surface area contributed by atoms with Gasteiger partial charge in [0.15, 0.2) is 11.5 Å². The molecule has 3 rings (SSSR count). The molecule has 6 heteroatoms. The number of carbonyl (C=O) groups is 1. The summed E-state index contributed by atoms with van der Waals surface area (Å²) in [6.07, 6.45) is 0.694. The number of hydrogen-bond acceptors (Lipinski definition) is 4. The van der Waals surface area contributed by atoms with Crippen LogP contribution >= 0.6 is 0 Å². The highest BCUT2D eigenvalue weighted by Gasteiger charge is 2.15. The van der Waals surface area contributed by atoms with Crippen molar-refractivity contribution in [2.24, 2.45) is 0 Å². The number of ether oxygens (including phenoxy) is 3. The highest BCUT2D eigenvalue weighted by atomic mass is 16.5. The first-order chi connectivity index (χ1) is 13.1. The van der Waals surface area contributed by atoms with E-state index in [0.29, 0.717) is 30.2 Å². The van der Waals surface area contributed by atoms with Crippen LogP contribution in [0.1, 0.15) is 21.6 Å². The molecule has 27 heavy (non-hydrogen) atoms. The molecule has 1 aromatic heterocycles. The van der Waals surface area contributed by atoms with E-state index in [2.05, 4.69) is 10.3 Å². The first-order valence-electron chi connectivity index (χ1n) is 8.72. The maximum atomic E-state index is 12.6.